The van der Waals surface area contributed by atoms with Gasteiger partial charge in [-0.25, -0.2) is 0 Å². The van der Waals surface area contributed by atoms with E-state index >= 15 is 0 Å². The van der Waals surface area contributed by atoms with Gasteiger partial charge in [0, 0.05) is 29.3 Å². The maximum absolute atomic E-state index is 9.06. The van der Waals surface area contributed by atoms with Crippen molar-refractivity contribution < 1.29 is 10.0 Å². The predicted octanol–water partition coefficient (Wildman–Crippen LogP) is 0.647. The van der Waals surface area contributed by atoms with Crippen molar-refractivity contribution >= 4 is 39.0 Å². The van der Waals surface area contributed by atoms with E-state index in [1.54, 1.807) is 0 Å². The Bertz CT molecular complexity index is 475. The van der Waals surface area contributed by atoms with Crippen LogP contribution in [0.3, 0.4) is 0 Å². The Morgan fingerprint density at radius 2 is 1.93 bits per heavy atom. The van der Waals surface area contributed by atoms with Crippen LogP contribution in [0.5, 0.6) is 0 Å². The zero-order valence-corrected chi connectivity index (χ0v) is 9.45. The fourth-order valence-electron chi connectivity index (χ4n) is 1.46. The molecule has 5 heteroatoms. The van der Waals surface area contributed by atoms with Gasteiger partial charge in [0.1, 0.15) is 0 Å². The van der Waals surface area contributed by atoms with Crippen molar-refractivity contribution in [1.29, 1.82) is 0 Å². The van der Waals surface area contributed by atoms with Crippen LogP contribution in [0, 0.1) is 0 Å². The Balaban J connectivity index is 2.52. The van der Waals surface area contributed by atoms with Crippen molar-refractivity contribution in [2.45, 2.75) is 0 Å². The zero-order valence-electron chi connectivity index (χ0n) is 8.64. The van der Waals surface area contributed by atoms with Crippen LogP contribution in [-0.2, 0) is 0 Å². The molecule has 0 saturated carbocycles. The highest BCUT2D eigenvalue weighted by molar-refractivity contribution is 7.27. The fourth-order valence-corrected chi connectivity index (χ4v) is 2.37. The number of benzene rings is 1. The lowest BCUT2D eigenvalue weighted by atomic mass is 9.89. The van der Waals surface area contributed by atoms with Crippen LogP contribution in [0.15, 0.2) is 24.3 Å². The Morgan fingerprint density at radius 1 is 1.20 bits per heavy atom. The third kappa shape index (κ3) is 1.99. The molecule has 15 heavy (non-hydrogen) atoms. The summed E-state index contributed by atoms with van der Waals surface area (Å²) in [6, 6.07) is 7.88. The summed E-state index contributed by atoms with van der Waals surface area (Å²) < 4.78 is 1.66. The molecule has 1 aromatic heterocycles. The highest BCUT2D eigenvalue weighted by Gasteiger charge is 2.14. The van der Waals surface area contributed by atoms with E-state index in [9.17, 15) is 0 Å². The van der Waals surface area contributed by atoms with Crippen LogP contribution < -0.4 is 9.68 Å². The molecule has 0 aliphatic heterocycles. The summed E-state index contributed by atoms with van der Waals surface area (Å²) in [6.45, 7) is 0. The average molecular weight is 221 g/mol. The summed E-state index contributed by atoms with van der Waals surface area (Å²) in [5.74, 6) is 0. The van der Waals surface area contributed by atoms with E-state index in [0.717, 1.165) is 15.8 Å². The molecule has 1 aromatic carbocycles. The van der Waals surface area contributed by atoms with E-state index in [-0.39, 0.29) is 0 Å². The molecule has 0 unspecified atom stereocenters. The average Bonchev–Trinajstić information content (AvgIpc) is 2.59. The molecule has 0 atom stereocenters. The molecule has 2 N–H and O–H groups in total. The van der Waals surface area contributed by atoms with Crippen LogP contribution in [0.25, 0.3) is 10.1 Å². The summed E-state index contributed by atoms with van der Waals surface area (Å²) >= 11 is 1.41. The Morgan fingerprint density at radius 3 is 2.53 bits per heavy atom. The zero-order chi connectivity index (χ0) is 11.0. The second kappa shape index (κ2) is 3.85. The molecule has 0 fully saturated rings. The molecule has 2 rings (SSSR count). The fraction of sp³-hybridized carbons (Fsp3) is 0.200. The summed E-state index contributed by atoms with van der Waals surface area (Å²) in [7, 11) is 2.59. The summed E-state index contributed by atoms with van der Waals surface area (Å²) in [4.78, 5) is 2.02. The van der Waals surface area contributed by atoms with Crippen LogP contribution in [0.2, 0.25) is 0 Å². The van der Waals surface area contributed by atoms with Crippen molar-refractivity contribution in [3.63, 3.8) is 0 Å². The van der Waals surface area contributed by atoms with E-state index in [1.165, 1.54) is 11.3 Å². The highest BCUT2D eigenvalue weighted by Crippen LogP contribution is 2.24. The molecule has 0 bridgehead atoms. The van der Waals surface area contributed by atoms with Crippen LogP contribution in [0.4, 0.5) is 5.69 Å². The molecule has 0 saturated heterocycles. The van der Waals surface area contributed by atoms with Gasteiger partial charge in [0.15, 0.2) is 0 Å². The highest BCUT2D eigenvalue weighted by atomic mass is 32.1. The van der Waals surface area contributed by atoms with Gasteiger partial charge in [-0.2, -0.15) is 0 Å². The number of rotatable bonds is 2. The standard InChI is InChI=1S/C10H12BNO2S/c1-12(2)8-3-4-9-7(5-8)6-10(15-9)11(13)14/h3-6,13-14H,1-2H3. The first-order valence-corrected chi connectivity index (χ1v) is 5.46. The monoisotopic (exact) mass is 221 g/mol. The minimum Gasteiger partial charge on any atom is -0.423 e. The SMILES string of the molecule is CN(C)c1ccc2sc(B(O)O)cc2c1. The number of thiophene rings is 1. The summed E-state index contributed by atoms with van der Waals surface area (Å²) in [5, 5.41) is 19.2. The number of nitrogens with zero attached hydrogens (tertiary/aromatic N) is 1. The first-order chi connectivity index (χ1) is 7.08. The third-order valence-electron chi connectivity index (χ3n) is 2.29. The maximum Gasteiger partial charge on any atom is 0.499 e. The molecule has 2 aromatic rings. The molecule has 3 nitrogen and oxygen atoms in total. The second-order valence-corrected chi connectivity index (χ2v) is 4.75. The second-order valence-electron chi connectivity index (χ2n) is 3.64. The van der Waals surface area contributed by atoms with Gasteiger partial charge in [-0.3, -0.25) is 0 Å². The first-order valence-electron chi connectivity index (χ1n) is 4.65. The Labute approximate surface area is 92.7 Å². The van der Waals surface area contributed by atoms with Crippen molar-refractivity contribution in [3.05, 3.63) is 24.3 Å². The first kappa shape index (κ1) is 10.5. The maximum atomic E-state index is 9.06. The summed E-state index contributed by atoms with van der Waals surface area (Å²) in [6.07, 6.45) is 0. The van der Waals surface area contributed by atoms with Gasteiger partial charge in [0.2, 0.25) is 0 Å². The van der Waals surface area contributed by atoms with Gasteiger partial charge in [0.05, 0.1) is 0 Å². The van der Waals surface area contributed by atoms with Gasteiger partial charge in [0.25, 0.3) is 0 Å². The molecule has 0 amide bonds. The largest absolute Gasteiger partial charge is 0.499 e. The minimum absolute atomic E-state index is 0.584. The van der Waals surface area contributed by atoms with Crippen molar-refractivity contribution in [3.8, 4) is 0 Å². The number of hydrogen-bond acceptors (Lipinski definition) is 4. The lowest BCUT2D eigenvalue weighted by molar-refractivity contribution is 0.427. The Kier molecular flexibility index (Phi) is 2.69. The van der Waals surface area contributed by atoms with E-state index < -0.39 is 7.12 Å². The van der Waals surface area contributed by atoms with Gasteiger partial charge >= 0.3 is 7.12 Å². The molecular formula is C10H12BNO2S. The summed E-state index contributed by atoms with van der Waals surface area (Å²) in [5.41, 5.74) is 1.11. The van der Waals surface area contributed by atoms with Crippen molar-refractivity contribution in [1.82, 2.24) is 0 Å². The number of anilines is 1. The van der Waals surface area contributed by atoms with Gasteiger partial charge in [-0.15, -0.1) is 11.3 Å². The molecule has 78 valence electrons. The van der Waals surface area contributed by atoms with Crippen LogP contribution >= 0.6 is 11.3 Å². The van der Waals surface area contributed by atoms with Crippen molar-refractivity contribution in [2.75, 3.05) is 19.0 Å². The van der Waals surface area contributed by atoms with E-state index in [1.807, 2.05) is 43.3 Å². The van der Waals surface area contributed by atoms with E-state index in [4.69, 9.17) is 10.0 Å². The Hall–Kier alpha value is -1.04. The molecule has 0 spiro atoms. The van der Waals surface area contributed by atoms with Gasteiger partial charge < -0.3 is 14.9 Å². The molecule has 1 heterocycles. The molecule has 0 aliphatic rings. The topological polar surface area (TPSA) is 43.7 Å². The third-order valence-corrected chi connectivity index (χ3v) is 3.45. The van der Waals surface area contributed by atoms with E-state index in [0.29, 0.717) is 4.78 Å². The lowest BCUT2D eigenvalue weighted by Gasteiger charge is -2.11. The molecular weight excluding hydrogens is 209 g/mol. The van der Waals surface area contributed by atoms with E-state index in [2.05, 4.69) is 0 Å². The normalized spacial score (nSPS) is 10.7. The van der Waals surface area contributed by atoms with Crippen molar-refractivity contribution in [2.24, 2.45) is 0 Å². The quantitative estimate of drug-likeness (QED) is 0.731. The minimum atomic E-state index is -1.37. The van der Waals surface area contributed by atoms with Gasteiger partial charge in [-0.1, -0.05) is 0 Å². The molecule has 0 aliphatic carbocycles. The van der Waals surface area contributed by atoms with Crippen LogP contribution in [0.1, 0.15) is 0 Å². The lowest BCUT2D eigenvalue weighted by Crippen LogP contribution is -2.26. The number of fused-ring (bicyclic) bond motifs is 1. The van der Waals surface area contributed by atoms with Crippen LogP contribution in [-0.4, -0.2) is 31.3 Å². The number of hydrogen-bond donors (Lipinski definition) is 2. The van der Waals surface area contributed by atoms with Gasteiger partial charge in [-0.05, 0) is 29.7 Å². The molecule has 0 radical (unpaired) electrons. The smallest absolute Gasteiger partial charge is 0.423 e. The predicted molar refractivity (Wildman–Crippen MR) is 66.0 cm³/mol.